The van der Waals surface area contributed by atoms with E-state index in [-0.39, 0.29) is 12.5 Å². The van der Waals surface area contributed by atoms with Gasteiger partial charge in [-0.15, -0.1) is 6.58 Å². The minimum absolute atomic E-state index is 0.147. The van der Waals surface area contributed by atoms with Gasteiger partial charge in [0.1, 0.15) is 29.6 Å². The lowest BCUT2D eigenvalue weighted by Gasteiger charge is -2.36. The standard InChI is InChI=1S/C24H37N4O6P/c1-5-16-15-24(16,35(32,33)14-12-25)27-20(29)18-11-8-13-28(18)21(30)19(23(2,3)4)26-22(31)34-17-9-6-7-10-17/h5,16-19H,1,6-11,13-15H2,2-4H3,(H,26,31)(H,27,29)(H,32,33)/t16-,18+,19-,24+/m1/s1. The molecule has 2 aliphatic carbocycles. The van der Waals surface area contributed by atoms with E-state index in [1.165, 1.54) is 11.0 Å². The van der Waals surface area contributed by atoms with Crippen LogP contribution >= 0.6 is 7.37 Å². The van der Waals surface area contributed by atoms with Crippen LogP contribution in [0.15, 0.2) is 12.7 Å². The summed E-state index contributed by atoms with van der Waals surface area (Å²) in [6.45, 7) is 9.48. The molecule has 1 unspecified atom stereocenters. The second kappa shape index (κ2) is 10.3. The second-order valence-electron chi connectivity index (χ2n) is 10.9. The van der Waals surface area contributed by atoms with Crippen molar-refractivity contribution in [1.29, 1.82) is 5.26 Å². The van der Waals surface area contributed by atoms with Crippen LogP contribution in [0.3, 0.4) is 0 Å². The van der Waals surface area contributed by atoms with Crippen LogP contribution in [0.2, 0.25) is 0 Å². The molecular formula is C24H37N4O6P. The van der Waals surface area contributed by atoms with Crippen LogP contribution in [0.1, 0.15) is 65.7 Å². The van der Waals surface area contributed by atoms with Crippen molar-refractivity contribution in [2.24, 2.45) is 11.3 Å². The largest absolute Gasteiger partial charge is 0.446 e. The smallest absolute Gasteiger partial charge is 0.408 e. The van der Waals surface area contributed by atoms with Crippen molar-refractivity contribution in [2.75, 3.05) is 12.7 Å². The third-order valence-corrected chi connectivity index (χ3v) is 9.75. The predicted octanol–water partition coefficient (Wildman–Crippen LogP) is 2.87. The lowest BCUT2D eigenvalue weighted by Crippen LogP contribution is -2.58. The number of rotatable bonds is 8. The van der Waals surface area contributed by atoms with Crippen molar-refractivity contribution in [2.45, 2.75) is 89.2 Å². The fourth-order valence-corrected chi connectivity index (χ4v) is 7.01. The molecule has 0 radical (unpaired) electrons. The molecule has 3 amide bonds. The Labute approximate surface area is 206 Å². The molecule has 194 valence electrons. The van der Waals surface area contributed by atoms with E-state index in [9.17, 15) is 23.8 Å². The molecule has 2 saturated carbocycles. The number of likely N-dealkylation sites (tertiary alicyclic amines) is 1. The summed E-state index contributed by atoms with van der Waals surface area (Å²) in [4.78, 5) is 51.4. The normalized spacial score (nSPS) is 28.9. The van der Waals surface area contributed by atoms with Gasteiger partial charge >= 0.3 is 6.09 Å². The van der Waals surface area contributed by atoms with E-state index < -0.39 is 60.1 Å². The molecule has 35 heavy (non-hydrogen) atoms. The van der Waals surface area contributed by atoms with E-state index in [0.29, 0.717) is 19.4 Å². The highest BCUT2D eigenvalue weighted by Gasteiger charge is 2.65. The van der Waals surface area contributed by atoms with Crippen LogP contribution in [0.4, 0.5) is 4.79 Å². The molecule has 1 saturated heterocycles. The number of amides is 3. The molecule has 1 aliphatic heterocycles. The molecule has 5 atom stereocenters. The number of nitriles is 1. The highest BCUT2D eigenvalue weighted by molar-refractivity contribution is 7.60. The Morgan fingerprint density at radius 1 is 1.29 bits per heavy atom. The van der Waals surface area contributed by atoms with Gasteiger partial charge in [0.25, 0.3) is 0 Å². The van der Waals surface area contributed by atoms with Gasteiger partial charge in [-0.1, -0.05) is 26.8 Å². The van der Waals surface area contributed by atoms with Gasteiger partial charge in [-0.25, -0.2) is 4.79 Å². The summed E-state index contributed by atoms with van der Waals surface area (Å²) in [6, 6.07) is -0.0277. The molecule has 0 aromatic carbocycles. The van der Waals surface area contributed by atoms with E-state index in [0.717, 1.165) is 25.7 Å². The molecule has 0 bridgehead atoms. The number of hydrogen-bond donors (Lipinski definition) is 3. The van der Waals surface area contributed by atoms with Crippen molar-refractivity contribution in [3.63, 3.8) is 0 Å². The summed E-state index contributed by atoms with van der Waals surface area (Å²) in [5.74, 6) is -1.35. The lowest BCUT2D eigenvalue weighted by molar-refractivity contribution is -0.142. The zero-order chi connectivity index (χ0) is 26.0. The first-order valence-electron chi connectivity index (χ1n) is 12.3. The monoisotopic (exact) mass is 508 g/mol. The predicted molar refractivity (Wildman–Crippen MR) is 129 cm³/mol. The lowest BCUT2D eigenvalue weighted by atomic mass is 9.85. The number of alkyl carbamates (subject to hydrolysis) is 1. The summed E-state index contributed by atoms with van der Waals surface area (Å²) in [5.41, 5.74) is -0.644. The molecule has 1 heterocycles. The van der Waals surface area contributed by atoms with Crippen molar-refractivity contribution in [3.8, 4) is 6.07 Å². The van der Waals surface area contributed by atoms with Gasteiger partial charge in [0.15, 0.2) is 0 Å². The van der Waals surface area contributed by atoms with Crippen LogP contribution in [0.25, 0.3) is 0 Å². The first-order chi connectivity index (χ1) is 16.4. The summed E-state index contributed by atoms with van der Waals surface area (Å²) in [5, 5.41) is 13.0. The van der Waals surface area contributed by atoms with Crippen LogP contribution in [-0.2, 0) is 18.9 Å². The molecule has 0 aromatic heterocycles. The Kier molecular flexibility index (Phi) is 8.02. The third kappa shape index (κ3) is 5.73. The van der Waals surface area contributed by atoms with Gasteiger partial charge in [0.05, 0.1) is 6.07 Å². The fourth-order valence-electron chi connectivity index (χ4n) is 5.15. The maximum atomic E-state index is 13.6. The number of ether oxygens (including phenoxy) is 1. The Morgan fingerprint density at radius 3 is 2.49 bits per heavy atom. The van der Waals surface area contributed by atoms with Crippen molar-refractivity contribution in [1.82, 2.24) is 15.5 Å². The summed E-state index contributed by atoms with van der Waals surface area (Å²) < 4.78 is 18.4. The van der Waals surface area contributed by atoms with E-state index in [2.05, 4.69) is 17.2 Å². The number of carbonyl (C=O) groups is 3. The van der Waals surface area contributed by atoms with Gasteiger partial charge < -0.3 is 25.2 Å². The Balaban J connectivity index is 1.74. The van der Waals surface area contributed by atoms with Crippen LogP contribution in [0.5, 0.6) is 0 Å². The van der Waals surface area contributed by atoms with Crippen LogP contribution in [0, 0.1) is 22.7 Å². The van der Waals surface area contributed by atoms with Crippen molar-refractivity contribution < 1.29 is 28.6 Å². The molecular weight excluding hydrogens is 471 g/mol. The minimum Gasteiger partial charge on any atom is -0.446 e. The van der Waals surface area contributed by atoms with E-state index >= 15 is 0 Å². The summed E-state index contributed by atoms with van der Waals surface area (Å²) >= 11 is 0. The van der Waals surface area contributed by atoms with E-state index in [4.69, 9.17) is 10.00 Å². The van der Waals surface area contributed by atoms with Gasteiger partial charge in [0, 0.05) is 12.5 Å². The third-order valence-electron chi connectivity index (χ3n) is 7.31. The minimum atomic E-state index is -4.02. The SMILES string of the molecule is C=C[C@@H]1C[C@]1(NC(=O)[C@@H]1CCCN1C(=O)[C@@H](NC(=O)OC1CCCC1)C(C)(C)C)P(=O)(O)CC#N. The Morgan fingerprint density at radius 2 is 1.94 bits per heavy atom. The topological polar surface area (TPSA) is 149 Å². The van der Waals surface area contributed by atoms with Gasteiger partial charge in [-0.05, 0) is 50.4 Å². The summed E-state index contributed by atoms with van der Waals surface area (Å²) in [6.07, 6.45) is 4.97. The zero-order valence-electron chi connectivity index (χ0n) is 20.8. The molecule has 11 heteroatoms. The number of nitrogens with one attached hydrogen (secondary N) is 2. The number of nitrogens with zero attached hydrogens (tertiary/aromatic N) is 2. The quantitative estimate of drug-likeness (QED) is 0.337. The Hall–Kier alpha value is -2.37. The molecule has 10 nitrogen and oxygen atoms in total. The van der Waals surface area contributed by atoms with Crippen molar-refractivity contribution >= 4 is 25.3 Å². The van der Waals surface area contributed by atoms with Gasteiger partial charge in [-0.3, -0.25) is 14.2 Å². The molecule has 3 N–H and O–H groups in total. The zero-order valence-corrected chi connectivity index (χ0v) is 21.7. The molecule has 0 aromatic rings. The Bertz CT molecular complexity index is 951. The molecule has 3 rings (SSSR count). The van der Waals surface area contributed by atoms with Gasteiger partial charge in [-0.2, -0.15) is 5.26 Å². The second-order valence-corrected chi connectivity index (χ2v) is 13.4. The van der Waals surface area contributed by atoms with E-state index in [1.807, 2.05) is 20.8 Å². The number of hydrogen-bond acceptors (Lipinski definition) is 6. The molecule has 3 aliphatic rings. The first-order valence-corrected chi connectivity index (χ1v) is 14.1. The fraction of sp³-hybridized carbons (Fsp3) is 0.750. The van der Waals surface area contributed by atoms with Crippen molar-refractivity contribution in [3.05, 3.63) is 12.7 Å². The van der Waals surface area contributed by atoms with Gasteiger partial charge in [0.2, 0.25) is 19.2 Å². The van der Waals surface area contributed by atoms with E-state index in [1.54, 1.807) is 6.07 Å². The van der Waals surface area contributed by atoms with Crippen LogP contribution in [-0.4, -0.2) is 63.9 Å². The first kappa shape index (κ1) is 27.2. The summed E-state index contributed by atoms with van der Waals surface area (Å²) in [7, 11) is -4.02. The highest BCUT2D eigenvalue weighted by atomic mass is 31.2. The van der Waals surface area contributed by atoms with Crippen LogP contribution < -0.4 is 10.6 Å². The highest BCUT2D eigenvalue weighted by Crippen LogP contribution is 2.69. The average Bonchev–Trinajstić information content (AvgIpc) is 3.11. The molecule has 3 fully saturated rings. The number of carbonyl (C=O) groups excluding carboxylic acids is 3. The maximum absolute atomic E-state index is 13.6. The average molecular weight is 509 g/mol. The molecule has 0 spiro atoms. The maximum Gasteiger partial charge on any atom is 0.408 e.